The summed E-state index contributed by atoms with van der Waals surface area (Å²) in [4.78, 5) is 24.1. The number of aliphatic hydroxyl groups is 1. The standard InChI is InChI=1S/C14H20O3/c1-8(2)14(17)7-6-10-4-5-11(15)9(3)12(10)13(14)16/h8,10,17H,4-7H2,1-3H3/t10?,14-/m1/s1. The van der Waals surface area contributed by atoms with Crippen LogP contribution in [0, 0.1) is 11.8 Å². The van der Waals surface area contributed by atoms with Gasteiger partial charge >= 0.3 is 0 Å². The average Bonchev–Trinajstić information content (AvgIpc) is 2.28. The van der Waals surface area contributed by atoms with E-state index in [1.54, 1.807) is 6.92 Å². The minimum Gasteiger partial charge on any atom is -0.381 e. The van der Waals surface area contributed by atoms with E-state index in [0.717, 1.165) is 12.8 Å². The lowest BCUT2D eigenvalue weighted by molar-refractivity contribution is -0.143. The molecule has 2 aliphatic rings. The zero-order valence-electron chi connectivity index (χ0n) is 10.7. The van der Waals surface area contributed by atoms with Gasteiger partial charge in [-0.1, -0.05) is 13.8 Å². The summed E-state index contributed by atoms with van der Waals surface area (Å²) in [5, 5.41) is 10.5. The molecule has 1 N–H and O–H groups in total. The van der Waals surface area contributed by atoms with Gasteiger partial charge < -0.3 is 5.11 Å². The number of rotatable bonds is 1. The molecule has 3 nitrogen and oxygen atoms in total. The zero-order chi connectivity index (χ0) is 12.8. The van der Waals surface area contributed by atoms with E-state index in [2.05, 4.69) is 0 Å². The number of fused-ring (bicyclic) bond motifs is 1. The molecule has 0 bridgehead atoms. The molecule has 0 aliphatic heterocycles. The van der Waals surface area contributed by atoms with Gasteiger partial charge in [0, 0.05) is 12.0 Å². The van der Waals surface area contributed by atoms with Gasteiger partial charge in [0.25, 0.3) is 0 Å². The Balaban J connectivity index is 2.45. The van der Waals surface area contributed by atoms with Crippen LogP contribution in [0.25, 0.3) is 0 Å². The summed E-state index contributed by atoms with van der Waals surface area (Å²) >= 11 is 0. The fourth-order valence-electron chi connectivity index (χ4n) is 3.03. The lowest BCUT2D eigenvalue weighted by Gasteiger charge is -2.41. The summed E-state index contributed by atoms with van der Waals surface area (Å²) in [6, 6.07) is 0. The van der Waals surface area contributed by atoms with E-state index < -0.39 is 5.60 Å². The molecule has 0 aromatic heterocycles. The Bertz CT molecular complexity index is 406. The van der Waals surface area contributed by atoms with Crippen LogP contribution in [-0.4, -0.2) is 22.3 Å². The smallest absolute Gasteiger partial charge is 0.191 e. The molecule has 0 amide bonds. The highest BCUT2D eigenvalue weighted by Crippen LogP contribution is 2.43. The number of ketones is 2. The van der Waals surface area contributed by atoms with Gasteiger partial charge in [0.05, 0.1) is 0 Å². The van der Waals surface area contributed by atoms with Crippen molar-refractivity contribution in [2.75, 3.05) is 0 Å². The molecule has 0 spiro atoms. The number of carbonyl (C=O) groups excluding carboxylic acids is 2. The van der Waals surface area contributed by atoms with Gasteiger partial charge in [-0.3, -0.25) is 9.59 Å². The molecular weight excluding hydrogens is 216 g/mol. The molecule has 17 heavy (non-hydrogen) atoms. The molecule has 1 unspecified atom stereocenters. The van der Waals surface area contributed by atoms with Crippen LogP contribution in [0.1, 0.15) is 46.5 Å². The largest absolute Gasteiger partial charge is 0.381 e. The predicted molar refractivity (Wildman–Crippen MR) is 64.5 cm³/mol. The molecule has 1 fully saturated rings. The van der Waals surface area contributed by atoms with E-state index in [4.69, 9.17) is 0 Å². The van der Waals surface area contributed by atoms with Crippen molar-refractivity contribution in [3.63, 3.8) is 0 Å². The molecule has 94 valence electrons. The van der Waals surface area contributed by atoms with Crippen molar-refractivity contribution in [2.45, 2.75) is 52.1 Å². The second kappa shape index (κ2) is 4.05. The Hall–Kier alpha value is -0.960. The fraction of sp³-hybridized carbons (Fsp3) is 0.714. The molecule has 3 heteroatoms. The second-order valence-corrected chi connectivity index (χ2v) is 5.64. The van der Waals surface area contributed by atoms with Crippen molar-refractivity contribution in [3.05, 3.63) is 11.1 Å². The van der Waals surface area contributed by atoms with Gasteiger partial charge in [-0.05, 0) is 43.6 Å². The third kappa shape index (κ3) is 1.77. The normalized spacial score (nSPS) is 34.3. The topological polar surface area (TPSA) is 54.4 Å². The Kier molecular flexibility index (Phi) is 2.98. The maximum Gasteiger partial charge on any atom is 0.191 e. The molecule has 1 saturated carbocycles. The number of hydrogen-bond acceptors (Lipinski definition) is 3. The van der Waals surface area contributed by atoms with Crippen LogP contribution in [0.3, 0.4) is 0 Å². The second-order valence-electron chi connectivity index (χ2n) is 5.64. The number of hydrogen-bond donors (Lipinski definition) is 1. The van der Waals surface area contributed by atoms with Crippen molar-refractivity contribution in [2.24, 2.45) is 11.8 Å². The Morgan fingerprint density at radius 3 is 2.53 bits per heavy atom. The number of allylic oxidation sites excluding steroid dienone is 1. The van der Waals surface area contributed by atoms with Crippen molar-refractivity contribution >= 4 is 11.6 Å². The van der Waals surface area contributed by atoms with Gasteiger partial charge in [0.15, 0.2) is 11.6 Å². The molecule has 2 aliphatic carbocycles. The van der Waals surface area contributed by atoms with Crippen LogP contribution in [-0.2, 0) is 9.59 Å². The quantitative estimate of drug-likeness (QED) is 0.758. The highest BCUT2D eigenvalue weighted by molar-refractivity contribution is 6.11. The maximum absolute atomic E-state index is 12.4. The summed E-state index contributed by atoms with van der Waals surface area (Å²) in [5.41, 5.74) is -0.0567. The minimum atomic E-state index is -1.26. The Labute approximate surface area is 102 Å². The lowest BCUT2D eigenvalue weighted by atomic mass is 9.65. The summed E-state index contributed by atoms with van der Waals surface area (Å²) in [7, 11) is 0. The molecular formula is C14H20O3. The number of Topliss-reactive ketones (excluding diaryl/α,β-unsaturated/α-hetero) is 2. The summed E-state index contributed by atoms with van der Waals surface area (Å²) < 4.78 is 0. The van der Waals surface area contributed by atoms with Crippen LogP contribution < -0.4 is 0 Å². The number of carbonyl (C=O) groups is 2. The Morgan fingerprint density at radius 1 is 1.29 bits per heavy atom. The first-order chi connectivity index (χ1) is 7.88. The third-order valence-corrected chi connectivity index (χ3v) is 4.42. The molecule has 0 saturated heterocycles. The van der Waals surface area contributed by atoms with Crippen LogP contribution >= 0.6 is 0 Å². The zero-order valence-corrected chi connectivity index (χ0v) is 10.7. The third-order valence-electron chi connectivity index (χ3n) is 4.42. The van der Waals surface area contributed by atoms with Crippen molar-refractivity contribution in [3.8, 4) is 0 Å². The van der Waals surface area contributed by atoms with Gasteiger partial charge in [-0.15, -0.1) is 0 Å². The van der Waals surface area contributed by atoms with Crippen molar-refractivity contribution in [1.29, 1.82) is 0 Å². The van der Waals surface area contributed by atoms with E-state index in [0.29, 0.717) is 24.0 Å². The van der Waals surface area contributed by atoms with Crippen molar-refractivity contribution in [1.82, 2.24) is 0 Å². The van der Waals surface area contributed by atoms with Gasteiger partial charge in [0.1, 0.15) is 5.60 Å². The highest BCUT2D eigenvalue weighted by Gasteiger charge is 2.48. The van der Waals surface area contributed by atoms with Crippen LogP contribution in [0.2, 0.25) is 0 Å². The predicted octanol–water partition coefficient (Wildman–Crippen LogP) is 2.03. The van der Waals surface area contributed by atoms with E-state index in [-0.39, 0.29) is 23.4 Å². The van der Waals surface area contributed by atoms with Crippen LogP contribution in [0.5, 0.6) is 0 Å². The van der Waals surface area contributed by atoms with Crippen molar-refractivity contribution < 1.29 is 14.7 Å². The molecule has 0 heterocycles. The minimum absolute atomic E-state index is 0.0672. The molecule has 2 rings (SSSR count). The first kappa shape index (κ1) is 12.5. The van der Waals surface area contributed by atoms with E-state index in [1.807, 2.05) is 13.8 Å². The monoisotopic (exact) mass is 236 g/mol. The summed E-state index contributed by atoms with van der Waals surface area (Å²) in [5.74, 6) is -0.0422. The van der Waals surface area contributed by atoms with E-state index in [1.165, 1.54) is 0 Å². The fourth-order valence-corrected chi connectivity index (χ4v) is 3.03. The molecule has 2 atom stereocenters. The maximum atomic E-state index is 12.4. The summed E-state index contributed by atoms with van der Waals surface area (Å²) in [6.45, 7) is 5.45. The molecule has 0 aromatic carbocycles. The first-order valence-electron chi connectivity index (χ1n) is 6.39. The highest BCUT2D eigenvalue weighted by atomic mass is 16.3. The molecule has 0 radical (unpaired) electrons. The first-order valence-corrected chi connectivity index (χ1v) is 6.39. The van der Waals surface area contributed by atoms with Gasteiger partial charge in [-0.2, -0.15) is 0 Å². The summed E-state index contributed by atoms with van der Waals surface area (Å²) in [6.07, 6.45) is 2.66. The van der Waals surface area contributed by atoms with Crippen LogP contribution in [0.15, 0.2) is 11.1 Å². The van der Waals surface area contributed by atoms with E-state index >= 15 is 0 Å². The van der Waals surface area contributed by atoms with Gasteiger partial charge in [-0.25, -0.2) is 0 Å². The average molecular weight is 236 g/mol. The van der Waals surface area contributed by atoms with Crippen LogP contribution in [0.4, 0.5) is 0 Å². The van der Waals surface area contributed by atoms with E-state index in [9.17, 15) is 14.7 Å². The van der Waals surface area contributed by atoms with Gasteiger partial charge in [0.2, 0.25) is 0 Å². The lowest BCUT2D eigenvalue weighted by Crippen LogP contribution is -2.50. The SMILES string of the molecule is CC1=C2C(=O)[C@](O)(C(C)C)CCC2CCC1=O. The Morgan fingerprint density at radius 2 is 1.94 bits per heavy atom. The molecule has 0 aromatic rings.